The zero-order valence-electron chi connectivity index (χ0n) is 54.3. The minimum absolute atomic E-state index is 0.205. The number of amides is 1. The first-order chi connectivity index (χ1) is 42.1. The van der Waals surface area contributed by atoms with E-state index in [0.717, 1.165) is 89.9 Å². The van der Waals surface area contributed by atoms with E-state index in [-0.39, 0.29) is 12.5 Å². The molecule has 2 rings (SSSR count). The highest BCUT2D eigenvalue weighted by atomic mass is 16.7. The molecule has 2 aliphatic heterocycles. The molecule has 2 aliphatic rings. The van der Waals surface area contributed by atoms with Crippen molar-refractivity contribution in [1.82, 2.24) is 5.32 Å². The minimum Gasteiger partial charge on any atom is -0.394 e. The molecule has 12 atom stereocenters. The highest BCUT2D eigenvalue weighted by molar-refractivity contribution is 5.76. The number of ether oxygens (including phenoxy) is 4. The summed E-state index contributed by atoms with van der Waals surface area (Å²) in [4.78, 5) is 13.3. The third-order valence-corrected chi connectivity index (χ3v) is 16.9. The lowest BCUT2D eigenvalue weighted by Crippen LogP contribution is -2.65. The first kappa shape index (κ1) is 79.5. The molecule has 0 aromatic rings. The maximum Gasteiger partial charge on any atom is 0.220 e. The van der Waals surface area contributed by atoms with E-state index < -0.39 is 86.8 Å². The molecule has 0 saturated carbocycles. The highest BCUT2D eigenvalue weighted by Gasteiger charge is 2.51. The average molecular weight is 1220 g/mol. The summed E-state index contributed by atoms with van der Waals surface area (Å²) >= 11 is 0. The fourth-order valence-electron chi connectivity index (χ4n) is 11.4. The van der Waals surface area contributed by atoms with Crippen LogP contribution in [0.4, 0.5) is 0 Å². The minimum atomic E-state index is -1.78. The number of hydrogen-bond acceptors (Lipinski definition) is 13. The molecular weight excluding hydrogens is 1090 g/mol. The Morgan fingerprint density at radius 1 is 0.430 bits per heavy atom. The second-order valence-electron chi connectivity index (χ2n) is 24.6. The van der Waals surface area contributed by atoms with Crippen LogP contribution < -0.4 is 5.32 Å². The number of carbonyl (C=O) groups excluding carboxylic acids is 1. The Kier molecular flexibility index (Phi) is 52.2. The molecule has 14 heteroatoms. The number of rotatable bonds is 57. The molecule has 14 nitrogen and oxygen atoms in total. The first-order valence-corrected chi connectivity index (χ1v) is 35.2. The number of carbonyl (C=O) groups is 1. The van der Waals surface area contributed by atoms with Gasteiger partial charge in [0.15, 0.2) is 12.6 Å². The van der Waals surface area contributed by atoms with Crippen molar-refractivity contribution in [2.75, 3.05) is 19.8 Å². The Hall–Kier alpha value is -2.57. The van der Waals surface area contributed by atoms with Gasteiger partial charge >= 0.3 is 0 Å². The van der Waals surface area contributed by atoms with Crippen molar-refractivity contribution >= 4 is 5.91 Å². The molecule has 2 heterocycles. The lowest BCUT2D eigenvalue weighted by atomic mass is 9.97. The molecule has 12 unspecified atom stereocenters. The van der Waals surface area contributed by atoms with Crippen molar-refractivity contribution in [3.63, 3.8) is 0 Å². The predicted molar refractivity (Wildman–Crippen MR) is 350 cm³/mol. The Bertz CT molecular complexity index is 1720. The lowest BCUT2D eigenvalue weighted by Gasteiger charge is -2.46. The zero-order chi connectivity index (χ0) is 62.3. The van der Waals surface area contributed by atoms with Crippen molar-refractivity contribution < 1.29 is 64.6 Å². The molecule has 0 aromatic heterocycles. The molecule has 2 fully saturated rings. The summed E-state index contributed by atoms with van der Waals surface area (Å²) in [7, 11) is 0. The van der Waals surface area contributed by atoms with Gasteiger partial charge in [0.1, 0.15) is 48.8 Å². The van der Waals surface area contributed by atoms with Gasteiger partial charge in [-0.1, -0.05) is 286 Å². The van der Waals surface area contributed by atoms with Gasteiger partial charge in [-0.2, -0.15) is 0 Å². The van der Waals surface area contributed by atoms with E-state index in [1.807, 2.05) is 0 Å². The van der Waals surface area contributed by atoms with Crippen LogP contribution in [-0.4, -0.2) is 140 Å². The molecule has 500 valence electrons. The number of hydrogen-bond donors (Lipinski definition) is 9. The van der Waals surface area contributed by atoms with E-state index in [2.05, 4.69) is 92.1 Å². The van der Waals surface area contributed by atoms with Crippen molar-refractivity contribution in [2.24, 2.45) is 0 Å². The molecule has 0 spiro atoms. The largest absolute Gasteiger partial charge is 0.394 e. The molecule has 0 bridgehead atoms. The SMILES string of the molecule is CC/C=C\C/C=C\C/C=C\C/C=C\C/C=C\C/C=C\CCCCCCCCCCCCCCCCCCCCCCCCC(=O)NC(COC1OC(CO)C(OC2OC(CO)C(O)C(O)C2O)C(O)C1O)C(O)CCCCCCCCCCCCC. The van der Waals surface area contributed by atoms with Crippen LogP contribution in [0.2, 0.25) is 0 Å². The summed E-state index contributed by atoms with van der Waals surface area (Å²) in [5, 5.41) is 87.3. The number of unbranched alkanes of at least 4 members (excludes halogenated alkanes) is 32. The van der Waals surface area contributed by atoms with E-state index in [0.29, 0.717) is 12.8 Å². The van der Waals surface area contributed by atoms with Crippen molar-refractivity contribution in [2.45, 2.75) is 357 Å². The zero-order valence-corrected chi connectivity index (χ0v) is 54.3. The van der Waals surface area contributed by atoms with Gasteiger partial charge in [-0.25, -0.2) is 0 Å². The van der Waals surface area contributed by atoms with Gasteiger partial charge in [0.25, 0.3) is 0 Å². The number of aliphatic hydroxyl groups excluding tert-OH is 8. The number of aliphatic hydroxyl groups is 8. The fourth-order valence-corrected chi connectivity index (χ4v) is 11.4. The monoisotopic (exact) mass is 1220 g/mol. The van der Waals surface area contributed by atoms with E-state index >= 15 is 0 Å². The highest BCUT2D eigenvalue weighted by Crippen LogP contribution is 2.30. The average Bonchev–Trinajstić information content (AvgIpc) is 1.60. The smallest absolute Gasteiger partial charge is 0.220 e. The maximum atomic E-state index is 13.3. The van der Waals surface area contributed by atoms with E-state index in [1.54, 1.807) is 0 Å². The molecule has 0 radical (unpaired) electrons. The first-order valence-electron chi connectivity index (χ1n) is 35.2. The van der Waals surface area contributed by atoms with Crippen LogP contribution in [0.1, 0.15) is 284 Å². The van der Waals surface area contributed by atoms with Crippen LogP contribution in [0.3, 0.4) is 0 Å². The second kappa shape index (κ2) is 56.4. The Labute approximate surface area is 523 Å². The third kappa shape index (κ3) is 40.2. The standard InChI is InChI=1S/C72H129NO13/c1-3-5-7-9-11-13-15-16-17-18-19-20-21-22-23-24-25-26-27-28-29-30-31-32-33-34-35-36-37-38-39-40-41-42-43-44-46-48-50-52-54-56-64(77)73-60(61(76)55-53-51-49-47-45-14-12-10-8-6-4-2)59-83-71-69(82)67(80)70(63(58-75)85-71)86-72-68(81)66(79)65(78)62(57-74)84-72/h5,7,11,13,16-17,19-20,22-23,25-26,60-63,65-72,74-76,78-82H,3-4,6,8-10,12,14-15,18,21,24,27-59H2,1-2H3,(H,73,77)/b7-5-,13-11-,17-16-,20-19-,23-22-,26-25-. The summed E-state index contributed by atoms with van der Waals surface area (Å²) in [5.74, 6) is -0.205. The van der Waals surface area contributed by atoms with Gasteiger partial charge < -0.3 is 65.1 Å². The molecule has 0 aliphatic carbocycles. The summed E-state index contributed by atoms with van der Waals surface area (Å²) in [6.45, 7) is 2.75. The topological polar surface area (TPSA) is 228 Å². The third-order valence-electron chi connectivity index (χ3n) is 16.9. The summed E-state index contributed by atoms with van der Waals surface area (Å²) < 4.78 is 22.8. The molecule has 9 N–H and O–H groups in total. The van der Waals surface area contributed by atoms with Crippen molar-refractivity contribution in [3.05, 3.63) is 72.9 Å². The van der Waals surface area contributed by atoms with Gasteiger partial charge in [-0.3, -0.25) is 4.79 Å². The molecule has 0 aromatic carbocycles. The normalized spacial score (nSPS) is 23.8. The van der Waals surface area contributed by atoms with Crippen LogP contribution in [0, 0.1) is 0 Å². The van der Waals surface area contributed by atoms with Crippen molar-refractivity contribution in [3.8, 4) is 0 Å². The molecule has 1 amide bonds. The van der Waals surface area contributed by atoms with E-state index in [4.69, 9.17) is 18.9 Å². The summed E-state index contributed by atoms with van der Waals surface area (Å²) in [6.07, 6.45) is 59.5. The maximum absolute atomic E-state index is 13.3. The summed E-state index contributed by atoms with van der Waals surface area (Å²) in [6, 6.07) is -0.827. The van der Waals surface area contributed by atoms with Crippen LogP contribution in [-0.2, 0) is 23.7 Å². The van der Waals surface area contributed by atoms with Crippen molar-refractivity contribution in [1.29, 1.82) is 0 Å². The molecule has 86 heavy (non-hydrogen) atoms. The second-order valence-corrected chi connectivity index (χ2v) is 24.6. The van der Waals surface area contributed by atoms with Gasteiger partial charge in [-0.15, -0.1) is 0 Å². The van der Waals surface area contributed by atoms with Gasteiger partial charge in [0.2, 0.25) is 5.91 Å². The van der Waals surface area contributed by atoms with Gasteiger partial charge in [0, 0.05) is 6.42 Å². The Morgan fingerprint density at radius 3 is 1.23 bits per heavy atom. The van der Waals surface area contributed by atoms with E-state index in [1.165, 1.54) is 167 Å². The van der Waals surface area contributed by atoms with E-state index in [9.17, 15) is 45.6 Å². The van der Waals surface area contributed by atoms with Crippen LogP contribution in [0.25, 0.3) is 0 Å². The lowest BCUT2D eigenvalue weighted by molar-refractivity contribution is -0.359. The van der Waals surface area contributed by atoms with Crippen LogP contribution in [0.5, 0.6) is 0 Å². The van der Waals surface area contributed by atoms with Gasteiger partial charge in [-0.05, 0) is 64.2 Å². The fraction of sp³-hybridized carbons (Fsp3) is 0.819. The van der Waals surface area contributed by atoms with Crippen LogP contribution in [0.15, 0.2) is 72.9 Å². The summed E-state index contributed by atoms with van der Waals surface area (Å²) in [5.41, 5.74) is 0. The Balaban J connectivity index is 1.52. The van der Waals surface area contributed by atoms with Gasteiger partial charge in [0.05, 0.1) is 32.0 Å². The molecule has 2 saturated heterocycles. The Morgan fingerprint density at radius 2 is 0.802 bits per heavy atom. The predicted octanol–water partition coefficient (Wildman–Crippen LogP) is 14.2. The number of nitrogens with one attached hydrogen (secondary N) is 1. The van der Waals surface area contributed by atoms with Crippen LogP contribution >= 0.6 is 0 Å². The number of allylic oxidation sites excluding steroid dienone is 12. The quantitative estimate of drug-likeness (QED) is 0.0204. The molecular formula is C72H129NO13.